The van der Waals surface area contributed by atoms with Crippen LogP contribution in [0, 0.1) is 0 Å². The third kappa shape index (κ3) is 5.59. The molecular weight excluding hydrogens is 423 g/mol. The maximum atomic E-state index is 13.1. The van der Waals surface area contributed by atoms with E-state index in [1.807, 2.05) is 13.8 Å². The highest BCUT2D eigenvalue weighted by Gasteiger charge is 2.33. The van der Waals surface area contributed by atoms with E-state index in [0.717, 1.165) is 11.6 Å². The van der Waals surface area contributed by atoms with E-state index in [1.165, 1.54) is 24.3 Å². The number of benzene rings is 2. The lowest BCUT2D eigenvalue weighted by Gasteiger charge is -2.34. The zero-order chi connectivity index (χ0) is 23.5. The predicted octanol–water partition coefficient (Wildman–Crippen LogP) is 3.93. The summed E-state index contributed by atoms with van der Waals surface area (Å²) in [6.45, 7) is 5.39. The molecule has 0 saturated carbocycles. The van der Waals surface area contributed by atoms with E-state index in [2.05, 4.69) is 5.32 Å². The Kier molecular flexibility index (Phi) is 7.08. The third-order valence-electron chi connectivity index (χ3n) is 5.45. The zero-order valence-electron chi connectivity index (χ0n) is 17.9. The number of aromatic hydroxyl groups is 1. The molecule has 1 fully saturated rings. The molecule has 9 heteroatoms. The number of piperazine rings is 1. The molecule has 0 radical (unpaired) electrons. The van der Waals surface area contributed by atoms with Crippen LogP contribution in [0.15, 0.2) is 42.5 Å². The van der Waals surface area contributed by atoms with E-state index in [4.69, 9.17) is 0 Å². The van der Waals surface area contributed by atoms with Gasteiger partial charge in [-0.25, -0.2) is 0 Å². The average Bonchev–Trinajstić information content (AvgIpc) is 2.73. The van der Waals surface area contributed by atoms with Crippen molar-refractivity contribution in [2.24, 2.45) is 0 Å². The molecule has 2 amide bonds. The van der Waals surface area contributed by atoms with Gasteiger partial charge in [0.05, 0.1) is 23.4 Å². The van der Waals surface area contributed by atoms with Gasteiger partial charge in [0.25, 0.3) is 5.91 Å². The molecule has 0 aliphatic carbocycles. The molecule has 3 rings (SSSR count). The first-order chi connectivity index (χ1) is 15.1. The number of carbonyl (C=O) groups is 2. The molecule has 0 spiro atoms. The maximum absolute atomic E-state index is 13.1. The average molecular weight is 449 g/mol. The maximum Gasteiger partial charge on any atom is 0.418 e. The second-order valence-electron chi connectivity index (χ2n) is 8.09. The van der Waals surface area contributed by atoms with Crippen molar-refractivity contribution in [2.45, 2.75) is 25.9 Å². The normalized spacial score (nSPS) is 15.1. The van der Waals surface area contributed by atoms with Crippen LogP contribution >= 0.6 is 0 Å². The van der Waals surface area contributed by atoms with E-state index in [0.29, 0.717) is 26.2 Å². The molecule has 1 aliphatic rings. The van der Waals surface area contributed by atoms with Crippen LogP contribution in [0.3, 0.4) is 0 Å². The highest BCUT2D eigenvalue weighted by Crippen LogP contribution is 2.34. The molecule has 32 heavy (non-hydrogen) atoms. The van der Waals surface area contributed by atoms with Crippen LogP contribution in [0.5, 0.6) is 5.75 Å². The number of anilines is 1. The van der Waals surface area contributed by atoms with Crippen LogP contribution in [-0.4, -0.2) is 59.4 Å². The molecule has 2 aromatic carbocycles. The first-order valence-corrected chi connectivity index (χ1v) is 10.4. The third-order valence-corrected chi connectivity index (χ3v) is 5.45. The summed E-state index contributed by atoms with van der Waals surface area (Å²) in [4.78, 5) is 28.5. The molecule has 2 aromatic rings. The topological polar surface area (TPSA) is 72.9 Å². The van der Waals surface area contributed by atoms with E-state index < -0.39 is 17.6 Å². The zero-order valence-corrected chi connectivity index (χ0v) is 17.9. The molecule has 0 aromatic heterocycles. The van der Waals surface area contributed by atoms with Crippen LogP contribution in [0.2, 0.25) is 0 Å². The first-order valence-electron chi connectivity index (χ1n) is 10.4. The van der Waals surface area contributed by atoms with Gasteiger partial charge in [-0.05, 0) is 35.7 Å². The van der Waals surface area contributed by atoms with Crippen molar-refractivity contribution in [1.29, 1.82) is 0 Å². The van der Waals surface area contributed by atoms with Gasteiger partial charge in [0.15, 0.2) is 0 Å². The van der Waals surface area contributed by atoms with E-state index in [-0.39, 0.29) is 35.4 Å². The number of halogens is 3. The molecular formula is C23H26F3N3O3. The molecule has 0 unspecified atom stereocenters. The number of para-hydroxylation sites is 1. The number of rotatable bonds is 5. The Balaban J connectivity index is 1.57. The van der Waals surface area contributed by atoms with Crippen molar-refractivity contribution in [1.82, 2.24) is 9.80 Å². The second-order valence-corrected chi connectivity index (χ2v) is 8.09. The summed E-state index contributed by atoms with van der Waals surface area (Å²) in [7, 11) is 0. The Labute approximate surface area is 184 Å². The quantitative estimate of drug-likeness (QED) is 0.726. The lowest BCUT2D eigenvalue weighted by molar-refractivity contribution is -0.137. The van der Waals surface area contributed by atoms with Crippen LogP contribution in [0.4, 0.5) is 18.9 Å². The second kappa shape index (κ2) is 9.60. The Morgan fingerprint density at radius 2 is 1.72 bits per heavy atom. The van der Waals surface area contributed by atoms with Gasteiger partial charge in [0.1, 0.15) is 5.75 Å². The smallest absolute Gasteiger partial charge is 0.418 e. The van der Waals surface area contributed by atoms with Crippen molar-refractivity contribution in [3.05, 3.63) is 59.2 Å². The van der Waals surface area contributed by atoms with Crippen molar-refractivity contribution in [3.8, 4) is 5.75 Å². The van der Waals surface area contributed by atoms with E-state index >= 15 is 0 Å². The van der Waals surface area contributed by atoms with Crippen molar-refractivity contribution in [3.63, 3.8) is 0 Å². The first kappa shape index (κ1) is 23.6. The fourth-order valence-electron chi connectivity index (χ4n) is 3.60. The number of nitrogens with one attached hydrogen (secondary N) is 1. The van der Waals surface area contributed by atoms with E-state index in [9.17, 15) is 27.9 Å². The van der Waals surface area contributed by atoms with Gasteiger partial charge in [-0.2, -0.15) is 13.2 Å². The molecule has 172 valence electrons. The number of phenolic OH excluding ortho intramolecular Hbond substituents is 1. The molecule has 0 bridgehead atoms. The number of phenols is 1. The molecule has 6 nitrogen and oxygen atoms in total. The van der Waals surface area contributed by atoms with Gasteiger partial charge in [-0.3, -0.25) is 14.5 Å². The standard InChI is InChI=1S/C23H26F3N3O3/c1-15(2)16-7-8-20(30)17(13-16)22(32)29-11-9-28(10-12-29)14-21(31)27-19-6-4-3-5-18(19)23(24,25)26/h3-8,13,15,30H,9-12,14H2,1-2H3,(H,27,31). The van der Waals surface area contributed by atoms with Crippen LogP contribution in [-0.2, 0) is 11.0 Å². The molecule has 0 atom stereocenters. The minimum atomic E-state index is -4.56. The Morgan fingerprint density at radius 3 is 2.34 bits per heavy atom. The summed E-state index contributed by atoms with van der Waals surface area (Å²) >= 11 is 0. The Bertz CT molecular complexity index is 984. The summed E-state index contributed by atoms with van der Waals surface area (Å²) in [5.74, 6) is -0.707. The van der Waals surface area contributed by atoms with Crippen molar-refractivity contribution < 1.29 is 27.9 Å². The van der Waals surface area contributed by atoms with Gasteiger partial charge in [0, 0.05) is 26.2 Å². The number of alkyl halides is 3. The van der Waals surface area contributed by atoms with Gasteiger partial charge in [-0.1, -0.05) is 32.0 Å². The number of nitrogens with zero attached hydrogens (tertiary/aromatic N) is 2. The lowest BCUT2D eigenvalue weighted by atomic mass is 9.99. The number of hydrogen-bond donors (Lipinski definition) is 2. The monoisotopic (exact) mass is 449 g/mol. The predicted molar refractivity (Wildman–Crippen MR) is 115 cm³/mol. The molecule has 1 heterocycles. The van der Waals surface area contributed by atoms with Gasteiger partial charge >= 0.3 is 6.18 Å². The summed E-state index contributed by atoms with van der Waals surface area (Å²) < 4.78 is 39.3. The minimum Gasteiger partial charge on any atom is -0.507 e. The summed E-state index contributed by atoms with van der Waals surface area (Å²) in [6.07, 6.45) is -4.56. The van der Waals surface area contributed by atoms with Crippen LogP contribution in [0.1, 0.15) is 41.3 Å². The highest BCUT2D eigenvalue weighted by molar-refractivity contribution is 5.97. The molecule has 1 aliphatic heterocycles. The number of hydrogen-bond acceptors (Lipinski definition) is 4. The van der Waals surface area contributed by atoms with Crippen molar-refractivity contribution in [2.75, 3.05) is 38.0 Å². The SMILES string of the molecule is CC(C)c1ccc(O)c(C(=O)N2CCN(CC(=O)Nc3ccccc3C(F)(F)F)CC2)c1. The summed E-state index contributed by atoms with van der Waals surface area (Å²) in [5.41, 5.74) is 0.0123. The van der Waals surface area contributed by atoms with Crippen LogP contribution in [0.25, 0.3) is 0 Å². The van der Waals surface area contributed by atoms with Gasteiger partial charge < -0.3 is 15.3 Å². The fraction of sp³-hybridized carbons (Fsp3) is 0.391. The number of carbonyl (C=O) groups excluding carboxylic acids is 2. The largest absolute Gasteiger partial charge is 0.507 e. The fourth-order valence-corrected chi connectivity index (χ4v) is 3.60. The Hall–Kier alpha value is -3.07. The van der Waals surface area contributed by atoms with Crippen molar-refractivity contribution >= 4 is 17.5 Å². The Morgan fingerprint density at radius 1 is 1.06 bits per heavy atom. The van der Waals surface area contributed by atoms with Gasteiger partial charge in [0.2, 0.25) is 5.91 Å². The summed E-state index contributed by atoms with van der Waals surface area (Å²) in [6, 6.07) is 9.83. The molecule has 1 saturated heterocycles. The van der Waals surface area contributed by atoms with Gasteiger partial charge in [-0.15, -0.1) is 0 Å². The number of amides is 2. The highest BCUT2D eigenvalue weighted by atomic mass is 19.4. The minimum absolute atomic E-state index is 0.0791. The molecule has 2 N–H and O–H groups in total. The summed E-state index contributed by atoms with van der Waals surface area (Å²) in [5, 5.41) is 12.5. The van der Waals surface area contributed by atoms with Crippen LogP contribution < -0.4 is 5.32 Å². The lowest BCUT2D eigenvalue weighted by Crippen LogP contribution is -2.50. The van der Waals surface area contributed by atoms with E-state index in [1.54, 1.807) is 21.9 Å².